The molecule has 0 atom stereocenters. The Bertz CT molecular complexity index is 983. The monoisotopic (exact) mass is 380 g/mol. The van der Waals surface area contributed by atoms with Crippen LogP contribution in [0.5, 0.6) is 0 Å². The zero-order valence-electron chi connectivity index (χ0n) is 15.7. The van der Waals surface area contributed by atoms with Crippen LogP contribution in [0.2, 0.25) is 0 Å². The second kappa shape index (κ2) is 7.23. The Kier molecular flexibility index (Phi) is 4.44. The van der Waals surface area contributed by atoms with E-state index < -0.39 is 0 Å². The highest BCUT2D eigenvalue weighted by atomic mass is 16.1. The highest BCUT2D eigenvalue weighted by Gasteiger charge is 2.23. The van der Waals surface area contributed by atoms with Crippen molar-refractivity contribution < 1.29 is 4.79 Å². The molecule has 0 radical (unpaired) electrons. The SMILES string of the molecule is O=C(CC1CCC1)Nc1cn[nH]c1-c1cc2[nH]ncc2c(N2CCNCC2)n1. The van der Waals surface area contributed by atoms with Crippen molar-refractivity contribution in [3.8, 4) is 11.4 Å². The normalized spacial score (nSPS) is 17.6. The lowest BCUT2D eigenvalue weighted by molar-refractivity contribution is -0.117. The van der Waals surface area contributed by atoms with Gasteiger partial charge in [0.25, 0.3) is 0 Å². The highest BCUT2D eigenvalue weighted by Crippen LogP contribution is 2.33. The van der Waals surface area contributed by atoms with E-state index in [2.05, 4.69) is 35.9 Å². The van der Waals surface area contributed by atoms with E-state index in [1.807, 2.05) is 12.3 Å². The molecule has 1 aliphatic heterocycles. The minimum absolute atomic E-state index is 0.0392. The lowest BCUT2D eigenvalue weighted by Gasteiger charge is -2.29. The van der Waals surface area contributed by atoms with Crippen LogP contribution in [0.1, 0.15) is 25.7 Å². The summed E-state index contributed by atoms with van der Waals surface area (Å²) in [6.45, 7) is 3.64. The van der Waals surface area contributed by atoms with Crippen molar-refractivity contribution in [1.82, 2.24) is 30.7 Å². The number of amides is 1. The van der Waals surface area contributed by atoms with Gasteiger partial charge in [0, 0.05) is 32.6 Å². The number of rotatable bonds is 5. The van der Waals surface area contributed by atoms with Gasteiger partial charge < -0.3 is 15.5 Å². The lowest BCUT2D eigenvalue weighted by Crippen LogP contribution is -2.44. The smallest absolute Gasteiger partial charge is 0.224 e. The molecule has 0 unspecified atom stereocenters. The van der Waals surface area contributed by atoms with Crippen LogP contribution in [0.15, 0.2) is 18.5 Å². The lowest BCUT2D eigenvalue weighted by atomic mass is 9.83. The third-order valence-electron chi connectivity index (χ3n) is 5.70. The predicted molar refractivity (Wildman–Crippen MR) is 107 cm³/mol. The van der Waals surface area contributed by atoms with Gasteiger partial charge in [-0.05, 0) is 24.8 Å². The summed E-state index contributed by atoms with van der Waals surface area (Å²) in [6, 6.07) is 1.95. The molecular formula is C19H24N8O. The van der Waals surface area contributed by atoms with Crippen LogP contribution in [0.3, 0.4) is 0 Å². The maximum Gasteiger partial charge on any atom is 0.224 e. The summed E-state index contributed by atoms with van der Waals surface area (Å²) in [5.74, 6) is 1.47. The zero-order chi connectivity index (χ0) is 18.9. The predicted octanol–water partition coefficient (Wildman–Crippen LogP) is 1.89. The number of hydrogen-bond donors (Lipinski definition) is 4. The molecule has 146 valence electrons. The van der Waals surface area contributed by atoms with Crippen LogP contribution in [0.25, 0.3) is 22.3 Å². The molecule has 0 aromatic carbocycles. The van der Waals surface area contributed by atoms with Crippen molar-refractivity contribution >= 4 is 28.3 Å². The molecule has 2 fully saturated rings. The van der Waals surface area contributed by atoms with Crippen LogP contribution in [0.4, 0.5) is 11.5 Å². The summed E-state index contributed by atoms with van der Waals surface area (Å²) < 4.78 is 0. The van der Waals surface area contributed by atoms with E-state index in [0.717, 1.165) is 67.1 Å². The minimum Gasteiger partial charge on any atom is -0.353 e. The summed E-state index contributed by atoms with van der Waals surface area (Å²) in [5.41, 5.74) is 3.04. The Balaban J connectivity index is 1.46. The van der Waals surface area contributed by atoms with E-state index in [-0.39, 0.29) is 5.91 Å². The number of H-pyrrole nitrogens is 2. The molecule has 9 nitrogen and oxygen atoms in total. The molecule has 0 spiro atoms. The van der Waals surface area contributed by atoms with Crippen LogP contribution in [-0.2, 0) is 4.79 Å². The molecule has 2 aliphatic rings. The molecule has 4 heterocycles. The third kappa shape index (κ3) is 3.22. The summed E-state index contributed by atoms with van der Waals surface area (Å²) in [5, 5.41) is 21.8. The molecule has 3 aromatic heterocycles. The summed E-state index contributed by atoms with van der Waals surface area (Å²) in [6.07, 6.45) is 7.58. The fourth-order valence-electron chi connectivity index (χ4n) is 3.91. The first-order valence-corrected chi connectivity index (χ1v) is 9.91. The summed E-state index contributed by atoms with van der Waals surface area (Å²) in [7, 11) is 0. The summed E-state index contributed by atoms with van der Waals surface area (Å²) in [4.78, 5) is 19.6. The minimum atomic E-state index is 0.0392. The average Bonchev–Trinajstić information content (AvgIpc) is 3.33. The molecule has 9 heteroatoms. The van der Waals surface area contributed by atoms with Crippen LogP contribution >= 0.6 is 0 Å². The molecule has 5 rings (SSSR count). The van der Waals surface area contributed by atoms with Crippen molar-refractivity contribution in [3.05, 3.63) is 18.5 Å². The van der Waals surface area contributed by atoms with E-state index in [9.17, 15) is 4.79 Å². The molecular weight excluding hydrogens is 356 g/mol. The number of aromatic amines is 2. The zero-order valence-corrected chi connectivity index (χ0v) is 15.7. The third-order valence-corrected chi connectivity index (χ3v) is 5.70. The number of nitrogens with zero attached hydrogens (tertiary/aromatic N) is 4. The van der Waals surface area contributed by atoms with Gasteiger partial charge in [-0.3, -0.25) is 15.0 Å². The number of nitrogens with one attached hydrogen (secondary N) is 4. The van der Waals surface area contributed by atoms with Crippen molar-refractivity contribution in [3.63, 3.8) is 0 Å². The fraction of sp³-hybridized carbons (Fsp3) is 0.474. The van der Waals surface area contributed by atoms with Gasteiger partial charge in [-0.25, -0.2) is 4.98 Å². The number of fused-ring (bicyclic) bond motifs is 1. The molecule has 28 heavy (non-hydrogen) atoms. The van der Waals surface area contributed by atoms with Crippen molar-refractivity contribution in [2.45, 2.75) is 25.7 Å². The second-order valence-corrected chi connectivity index (χ2v) is 7.61. The quantitative estimate of drug-likeness (QED) is 0.537. The standard InChI is InChI=1S/C19H24N8O/c28-17(8-12-2-1-3-12)23-16-11-22-26-18(16)15-9-14-13(10-21-25-14)19(24-15)27-6-4-20-5-7-27/h9-12,20H,1-8H2,(H,21,25)(H,22,26)(H,23,28). The van der Waals surface area contributed by atoms with Crippen molar-refractivity contribution in [2.24, 2.45) is 5.92 Å². The number of hydrogen-bond acceptors (Lipinski definition) is 6. The van der Waals surface area contributed by atoms with Gasteiger partial charge in [-0.15, -0.1) is 0 Å². The molecule has 0 bridgehead atoms. The largest absolute Gasteiger partial charge is 0.353 e. The van der Waals surface area contributed by atoms with E-state index in [4.69, 9.17) is 4.98 Å². The van der Waals surface area contributed by atoms with E-state index in [1.54, 1.807) is 6.20 Å². The van der Waals surface area contributed by atoms with E-state index >= 15 is 0 Å². The maximum atomic E-state index is 12.4. The van der Waals surface area contributed by atoms with Crippen LogP contribution in [0, 0.1) is 5.92 Å². The topological polar surface area (TPSA) is 115 Å². The first kappa shape index (κ1) is 17.2. The van der Waals surface area contributed by atoms with Crippen molar-refractivity contribution in [1.29, 1.82) is 0 Å². The highest BCUT2D eigenvalue weighted by molar-refractivity contribution is 5.96. The Morgan fingerprint density at radius 1 is 1.18 bits per heavy atom. The Hall–Kier alpha value is -2.94. The molecule has 3 aromatic rings. The maximum absolute atomic E-state index is 12.4. The summed E-state index contributed by atoms with van der Waals surface area (Å²) >= 11 is 0. The van der Waals surface area contributed by atoms with Crippen LogP contribution in [-0.4, -0.2) is 57.5 Å². The van der Waals surface area contributed by atoms with E-state index in [1.165, 1.54) is 6.42 Å². The Morgan fingerprint density at radius 2 is 2.00 bits per heavy atom. The molecule has 1 saturated carbocycles. The number of carbonyl (C=O) groups is 1. The first-order valence-electron chi connectivity index (χ1n) is 9.91. The number of piperazine rings is 1. The van der Waals surface area contributed by atoms with Gasteiger partial charge in [0.2, 0.25) is 5.91 Å². The fourth-order valence-corrected chi connectivity index (χ4v) is 3.91. The number of aromatic nitrogens is 5. The number of pyridine rings is 1. The molecule has 1 aliphatic carbocycles. The van der Waals surface area contributed by atoms with Crippen LogP contribution < -0.4 is 15.5 Å². The van der Waals surface area contributed by atoms with Gasteiger partial charge in [0.15, 0.2) is 0 Å². The average molecular weight is 380 g/mol. The molecule has 1 amide bonds. The second-order valence-electron chi connectivity index (χ2n) is 7.61. The Morgan fingerprint density at radius 3 is 2.79 bits per heavy atom. The van der Waals surface area contributed by atoms with Gasteiger partial charge in [-0.2, -0.15) is 10.2 Å². The van der Waals surface area contributed by atoms with Crippen molar-refractivity contribution in [2.75, 3.05) is 36.4 Å². The molecule has 4 N–H and O–H groups in total. The van der Waals surface area contributed by atoms with E-state index in [0.29, 0.717) is 18.0 Å². The first-order chi connectivity index (χ1) is 13.8. The number of anilines is 2. The van der Waals surface area contributed by atoms with Gasteiger partial charge >= 0.3 is 0 Å². The molecule has 1 saturated heterocycles. The van der Waals surface area contributed by atoms with Gasteiger partial charge in [-0.1, -0.05) is 6.42 Å². The van der Waals surface area contributed by atoms with Gasteiger partial charge in [0.1, 0.15) is 11.5 Å². The Labute approximate surface area is 162 Å². The van der Waals surface area contributed by atoms with Gasteiger partial charge in [0.05, 0.1) is 34.7 Å². The number of carbonyl (C=O) groups excluding carboxylic acids is 1.